The summed E-state index contributed by atoms with van der Waals surface area (Å²) >= 11 is 3.23. The van der Waals surface area contributed by atoms with Crippen molar-refractivity contribution >= 4 is 37.5 Å². The molecule has 0 saturated heterocycles. The quantitative estimate of drug-likeness (QED) is 0.888. The summed E-state index contributed by atoms with van der Waals surface area (Å²) in [6.07, 6.45) is 2.92. The maximum absolute atomic E-state index is 12.3. The van der Waals surface area contributed by atoms with Gasteiger partial charge in [-0.3, -0.25) is 4.72 Å². The molecule has 100 valence electrons. The summed E-state index contributed by atoms with van der Waals surface area (Å²) in [4.78, 5) is 7.85. The Morgan fingerprint density at radius 1 is 1.16 bits per heavy atom. The van der Waals surface area contributed by atoms with Crippen LogP contribution in [0.15, 0.2) is 46.2 Å². The molecule has 19 heavy (non-hydrogen) atoms. The second kappa shape index (κ2) is 5.54. The first-order chi connectivity index (χ1) is 9.04. The van der Waals surface area contributed by atoms with Gasteiger partial charge in [-0.25, -0.2) is 9.97 Å². The number of nitrogens with one attached hydrogen (secondary N) is 2. The zero-order valence-electron chi connectivity index (χ0n) is 9.96. The molecule has 0 fully saturated rings. The highest BCUT2D eigenvalue weighted by atomic mass is 79.9. The van der Waals surface area contributed by atoms with Gasteiger partial charge in [0, 0.05) is 19.4 Å². The van der Waals surface area contributed by atoms with Gasteiger partial charge in [0.2, 0.25) is 0 Å². The van der Waals surface area contributed by atoms with E-state index >= 15 is 0 Å². The van der Waals surface area contributed by atoms with Gasteiger partial charge in [-0.1, -0.05) is 0 Å². The summed E-state index contributed by atoms with van der Waals surface area (Å²) in [5, 5.41) is 2.71. The van der Waals surface area contributed by atoms with Crippen LogP contribution >= 0.6 is 15.9 Å². The number of hydrogen-bond donors (Lipinski definition) is 2. The van der Waals surface area contributed by atoms with Gasteiger partial charge >= 0.3 is 0 Å². The summed E-state index contributed by atoms with van der Waals surface area (Å²) in [5.74, 6) is 0.218. The number of hydrogen-bond acceptors (Lipinski definition) is 5. The van der Waals surface area contributed by atoms with Gasteiger partial charge in [-0.05, 0) is 40.2 Å². The zero-order valence-corrected chi connectivity index (χ0v) is 12.4. The molecule has 0 bridgehead atoms. The number of aromatic nitrogens is 2. The second-order valence-corrected chi connectivity index (χ2v) is 6.00. The van der Waals surface area contributed by atoms with Gasteiger partial charge in [0.05, 0.1) is 10.2 Å². The highest BCUT2D eigenvalue weighted by molar-refractivity contribution is 9.10. The van der Waals surface area contributed by atoms with Crippen LogP contribution in [0.5, 0.6) is 0 Å². The second-order valence-electron chi connectivity index (χ2n) is 3.55. The molecule has 0 aromatic carbocycles. The normalized spacial score (nSPS) is 11.1. The van der Waals surface area contributed by atoms with E-state index in [4.69, 9.17) is 0 Å². The number of rotatable bonds is 4. The number of anilines is 2. The molecule has 0 amide bonds. The Morgan fingerprint density at radius 2 is 1.84 bits per heavy atom. The first-order valence-electron chi connectivity index (χ1n) is 5.30. The average Bonchev–Trinajstić information content (AvgIpc) is 2.41. The van der Waals surface area contributed by atoms with E-state index in [1.54, 1.807) is 31.3 Å². The summed E-state index contributed by atoms with van der Waals surface area (Å²) < 4.78 is 27.5. The van der Waals surface area contributed by atoms with Crippen molar-refractivity contribution in [1.29, 1.82) is 0 Å². The maximum Gasteiger partial charge on any atom is 0.282 e. The molecule has 0 aliphatic carbocycles. The number of sulfonamides is 1. The molecule has 0 saturated carbocycles. The van der Waals surface area contributed by atoms with Gasteiger partial charge < -0.3 is 5.32 Å². The SMILES string of the molecule is CNc1cccnc1S(=O)(=O)Nc1ncccc1Br. The van der Waals surface area contributed by atoms with Crippen LogP contribution in [-0.2, 0) is 10.0 Å². The predicted octanol–water partition coefficient (Wildman–Crippen LogP) is 2.08. The molecular formula is C11H11BrN4O2S. The fourth-order valence-electron chi connectivity index (χ4n) is 1.43. The lowest BCUT2D eigenvalue weighted by Gasteiger charge is -2.10. The topological polar surface area (TPSA) is 84.0 Å². The van der Waals surface area contributed by atoms with Crippen molar-refractivity contribution in [2.45, 2.75) is 5.03 Å². The summed E-state index contributed by atoms with van der Waals surface area (Å²) in [6.45, 7) is 0. The molecule has 0 unspecified atom stereocenters. The lowest BCUT2D eigenvalue weighted by atomic mass is 10.4. The first kappa shape index (κ1) is 13.8. The van der Waals surface area contributed by atoms with Crippen LogP contribution in [0.25, 0.3) is 0 Å². The van der Waals surface area contributed by atoms with Crippen LogP contribution in [-0.4, -0.2) is 25.4 Å². The minimum absolute atomic E-state index is 0.0740. The van der Waals surface area contributed by atoms with Crippen molar-refractivity contribution in [1.82, 2.24) is 9.97 Å². The van der Waals surface area contributed by atoms with Crippen LogP contribution in [0, 0.1) is 0 Å². The number of halogens is 1. The minimum Gasteiger partial charge on any atom is -0.386 e. The summed E-state index contributed by atoms with van der Waals surface area (Å²) in [5.41, 5.74) is 0.419. The molecule has 0 spiro atoms. The molecule has 8 heteroatoms. The lowest BCUT2D eigenvalue weighted by Crippen LogP contribution is -2.17. The third-order valence-electron chi connectivity index (χ3n) is 2.28. The standard InChI is InChI=1S/C11H11BrN4O2S/c1-13-9-5-3-7-15-11(9)19(17,18)16-10-8(12)4-2-6-14-10/h2-7,13H,1H3,(H,14,16). The molecule has 2 N–H and O–H groups in total. The summed E-state index contributed by atoms with van der Waals surface area (Å²) in [7, 11) is -2.16. The van der Waals surface area contributed by atoms with E-state index < -0.39 is 10.0 Å². The average molecular weight is 343 g/mol. The molecule has 0 atom stereocenters. The van der Waals surface area contributed by atoms with Gasteiger partial charge in [-0.15, -0.1) is 0 Å². The van der Waals surface area contributed by atoms with E-state index in [1.807, 2.05) is 0 Å². The highest BCUT2D eigenvalue weighted by Gasteiger charge is 2.21. The van der Waals surface area contributed by atoms with Crippen LogP contribution in [0.2, 0.25) is 0 Å². The fourth-order valence-corrected chi connectivity index (χ4v) is 3.09. The van der Waals surface area contributed by atoms with Crippen LogP contribution < -0.4 is 10.0 Å². The molecule has 0 radical (unpaired) electrons. The Balaban J connectivity index is 2.41. The number of nitrogens with zero attached hydrogens (tertiary/aromatic N) is 2. The van der Waals surface area contributed by atoms with E-state index in [0.29, 0.717) is 10.2 Å². The Morgan fingerprint density at radius 3 is 2.53 bits per heavy atom. The Hall–Kier alpha value is -1.67. The first-order valence-corrected chi connectivity index (χ1v) is 7.58. The van der Waals surface area contributed by atoms with Gasteiger partial charge in [-0.2, -0.15) is 8.42 Å². The molecule has 0 aliphatic heterocycles. The van der Waals surface area contributed by atoms with Crippen LogP contribution in [0.1, 0.15) is 0 Å². The molecule has 2 aromatic rings. The predicted molar refractivity (Wildman–Crippen MR) is 76.5 cm³/mol. The molecule has 2 aromatic heterocycles. The van der Waals surface area contributed by atoms with Crippen LogP contribution in [0.3, 0.4) is 0 Å². The van der Waals surface area contributed by atoms with Gasteiger partial charge in [0.15, 0.2) is 10.8 Å². The molecule has 2 heterocycles. The molecular weight excluding hydrogens is 332 g/mol. The summed E-state index contributed by atoms with van der Waals surface area (Å²) in [6, 6.07) is 6.68. The lowest BCUT2D eigenvalue weighted by molar-refractivity contribution is 0.598. The van der Waals surface area contributed by atoms with Gasteiger partial charge in [0.1, 0.15) is 0 Å². The fraction of sp³-hybridized carbons (Fsp3) is 0.0909. The van der Waals surface area contributed by atoms with Crippen molar-refractivity contribution in [3.63, 3.8) is 0 Å². The van der Waals surface area contributed by atoms with Crippen molar-refractivity contribution in [2.24, 2.45) is 0 Å². The molecule has 2 rings (SSSR count). The van der Waals surface area contributed by atoms with E-state index in [1.165, 1.54) is 12.4 Å². The monoisotopic (exact) mass is 342 g/mol. The smallest absolute Gasteiger partial charge is 0.282 e. The Bertz CT molecular complexity index is 691. The van der Waals surface area contributed by atoms with Gasteiger partial charge in [0.25, 0.3) is 10.0 Å². The third kappa shape index (κ3) is 3.02. The largest absolute Gasteiger partial charge is 0.386 e. The molecule has 6 nitrogen and oxygen atoms in total. The Kier molecular flexibility index (Phi) is 4.01. The highest BCUT2D eigenvalue weighted by Crippen LogP contribution is 2.24. The minimum atomic E-state index is -3.79. The van der Waals surface area contributed by atoms with E-state index in [9.17, 15) is 8.42 Å². The van der Waals surface area contributed by atoms with Crippen molar-refractivity contribution in [3.8, 4) is 0 Å². The van der Waals surface area contributed by atoms with E-state index in [0.717, 1.165) is 0 Å². The van der Waals surface area contributed by atoms with Crippen molar-refractivity contribution < 1.29 is 8.42 Å². The van der Waals surface area contributed by atoms with Crippen molar-refractivity contribution in [3.05, 3.63) is 41.1 Å². The Labute approximate surface area is 119 Å². The maximum atomic E-state index is 12.3. The number of pyridine rings is 2. The zero-order chi connectivity index (χ0) is 13.9. The third-order valence-corrected chi connectivity index (χ3v) is 4.22. The van der Waals surface area contributed by atoms with Crippen molar-refractivity contribution in [2.75, 3.05) is 17.1 Å². The molecule has 0 aliphatic rings. The van der Waals surface area contributed by atoms with E-state index in [2.05, 4.69) is 35.9 Å². The van der Waals surface area contributed by atoms with Crippen LogP contribution in [0.4, 0.5) is 11.5 Å². The van der Waals surface area contributed by atoms with E-state index in [-0.39, 0.29) is 10.8 Å².